The smallest absolute Gasteiger partial charge is 0.258 e. The maximum absolute atomic E-state index is 12.1. The first-order valence-corrected chi connectivity index (χ1v) is 9.26. The minimum Gasteiger partial charge on any atom is -0.357 e. The first-order valence-electron chi connectivity index (χ1n) is 7.08. The molecule has 0 amide bonds. The van der Waals surface area contributed by atoms with Crippen molar-refractivity contribution in [2.24, 2.45) is 0 Å². The normalized spacial score (nSPS) is 14.3. The summed E-state index contributed by atoms with van der Waals surface area (Å²) in [5.41, 5.74) is 1.17. The Hall–Kier alpha value is -1.64. The van der Waals surface area contributed by atoms with E-state index < -0.39 is 0 Å². The van der Waals surface area contributed by atoms with Crippen LogP contribution in [0.1, 0.15) is 18.5 Å². The fourth-order valence-corrected chi connectivity index (χ4v) is 3.95. The zero-order valence-electron chi connectivity index (χ0n) is 11.9. The van der Waals surface area contributed by atoms with Crippen molar-refractivity contribution in [2.45, 2.75) is 29.0 Å². The minimum atomic E-state index is -0.138. The Kier molecular flexibility index (Phi) is 3.96. The van der Waals surface area contributed by atoms with E-state index in [1.807, 2.05) is 0 Å². The number of rotatable bonds is 5. The molecule has 1 saturated carbocycles. The van der Waals surface area contributed by atoms with Crippen LogP contribution in [0.4, 0.5) is 5.13 Å². The summed E-state index contributed by atoms with van der Waals surface area (Å²) >= 11 is 8.96. The monoisotopic (exact) mass is 365 g/mol. The molecule has 1 N–H and O–H groups in total. The van der Waals surface area contributed by atoms with Gasteiger partial charge in [0.2, 0.25) is 5.13 Å². The van der Waals surface area contributed by atoms with Crippen molar-refractivity contribution >= 4 is 45.5 Å². The van der Waals surface area contributed by atoms with Crippen LogP contribution in [0.15, 0.2) is 33.5 Å². The van der Waals surface area contributed by atoms with Crippen LogP contribution in [-0.2, 0) is 5.75 Å². The molecule has 1 fully saturated rings. The molecule has 0 spiro atoms. The highest BCUT2D eigenvalue weighted by molar-refractivity contribution is 8.00. The Labute approximate surface area is 144 Å². The van der Waals surface area contributed by atoms with Crippen molar-refractivity contribution < 1.29 is 0 Å². The Bertz CT molecular complexity index is 921. The first kappa shape index (κ1) is 14.9. The average Bonchev–Trinajstić information content (AvgIpc) is 3.23. The summed E-state index contributed by atoms with van der Waals surface area (Å²) in [4.78, 5) is 16.6. The summed E-state index contributed by atoms with van der Waals surface area (Å²) in [6.07, 6.45) is 3.98. The van der Waals surface area contributed by atoms with E-state index >= 15 is 0 Å². The zero-order valence-corrected chi connectivity index (χ0v) is 14.3. The van der Waals surface area contributed by atoms with E-state index in [0.717, 1.165) is 9.47 Å². The Morgan fingerprint density at radius 2 is 2.26 bits per heavy atom. The molecule has 0 aliphatic heterocycles. The predicted molar refractivity (Wildman–Crippen MR) is 92.6 cm³/mol. The van der Waals surface area contributed by atoms with E-state index in [4.69, 9.17) is 11.6 Å². The second kappa shape index (κ2) is 6.10. The average molecular weight is 366 g/mol. The largest absolute Gasteiger partial charge is 0.357 e. The van der Waals surface area contributed by atoms with Crippen LogP contribution in [0.25, 0.3) is 5.65 Å². The van der Waals surface area contributed by atoms with E-state index in [-0.39, 0.29) is 5.56 Å². The van der Waals surface area contributed by atoms with Gasteiger partial charge in [-0.15, -0.1) is 10.2 Å². The predicted octanol–water partition coefficient (Wildman–Crippen LogP) is 3.07. The highest BCUT2D eigenvalue weighted by atomic mass is 35.5. The molecule has 0 unspecified atom stereocenters. The molecule has 0 saturated heterocycles. The van der Waals surface area contributed by atoms with Gasteiger partial charge in [-0.3, -0.25) is 9.20 Å². The minimum absolute atomic E-state index is 0.138. The molecule has 4 rings (SSSR count). The second-order valence-electron chi connectivity index (χ2n) is 5.24. The SMILES string of the molecule is O=c1cc(CSc2nnc(NC3CC3)s2)nc2ccc(Cl)cn12. The molecule has 3 heterocycles. The topological polar surface area (TPSA) is 72.2 Å². The van der Waals surface area contributed by atoms with E-state index in [2.05, 4.69) is 20.5 Å². The fourth-order valence-electron chi connectivity index (χ4n) is 2.06. The van der Waals surface area contributed by atoms with Gasteiger partial charge in [0.05, 0.1) is 10.7 Å². The molecular formula is C14H12ClN5OS2. The molecular weight excluding hydrogens is 354 g/mol. The molecule has 0 atom stereocenters. The zero-order chi connectivity index (χ0) is 15.8. The summed E-state index contributed by atoms with van der Waals surface area (Å²) in [5.74, 6) is 0.576. The Balaban J connectivity index is 1.50. The highest BCUT2D eigenvalue weighted by Gasteiger charge is 2.22. The summed E-state index contributed by atoms with van der Waals surface area (Å²) < 4.78 is 2.31. The number of fused-ring (bicyclic) bond motifs is 1. The van der Waals surface area contributed by atoms with Gasteiger partial charge in [0, 0.05) is 24.1 Å². The number of halogens is 1. The van der Waals surface area contributed by atoms with Crippen LogP contribution in [0, 0.1) is 0 Å². The summed E-state index contributed by atoms with van der Waals surface area (Å²) in [5, 5.41) is 13.0. The van der Waals surface area contributed by atoms with Crippen molar-refractivity contribution in [3.8, 4) is 0 Å². The summed E-state index contributed by atoms with van der Waals surface area (Å²) in [6.45, 7) is 0. The van der Waals surface area contributed by atoms with Crippen molar-refractivity contribution in [1.82, 2.24) is 19.6 Å². The van der Waals surface area contributed by atoms with Crippen LogP contribution in [0.5, 0.6) is 0 Å². The maximum Gasteiger partial charge on any atom is 0.258 e. The van der Waals surface area contributed by atoms with Gasteiger partial charge in [-0.25, -0.2) is 4.98 Å². The van der Waals surface area contributed by atoms with Gasteiger partial charge < -0.3 is 5.32 Å². The van der Waals surface area contributed by atoms with Gasteiger partial charge in [0.15, 0.2) is 4.34 Å². The molecule has 23 heavy (non-hydrogen) atoms. The third kappa shape index (κ3) is 3.49. The van der Waals surface area contributed by atoms with Gasteiger partial charge in [-0.05, 0) is 25.0 Å². The molecule has 0 aromatic carbocycles. The van der Waals surface area contributed by atoms with Crippen molar-refractivity contribution in [1.29, 1.82) is 0 Å². The molecule has 0 bridgehead atoms. The fraction of sp³-hybridized carbons (Fsp3) is 0.286. The van der Waals surface area contributed by atoms with E-state index in [1.54, 1.807) is 18.3 Å². The van der Waals surface area contributed by atoms with Gasteiger partial charge in [-0.2, -0.15) is 0 Å². The second-order valence-corrected chi connectivity index (χ2v) is 7.88. The van der Waals surface area contributed by atoms with Gasteiger partial charge in [0.25, 0.3) is 5.56 Å². The number of aromatic nitrogens is 4. The van der Waals surface area contributed by atoms with Crippen molar-refractivity contribution in [3.05, 3.63) is 45.5 Å². The number of nitrogens with zero attached hydrogens (tertiary/aromatic N) is 4. The first-order chi connectivity index (χ1) is 11.2. The maximum atomic E-state index is 12.1. The summed E-state index contributed by atoms with van der Waals surface area (Å²) in [6, 6.07) is 5.55. The van der Waals surface area contributed by atoms with Crippen LogP contribution in [0.2, 0.25) is 5.02 Å². The number of nitrogens with one attached hydrogen (secondary N) is 1. The van der Waals surface area contributed by atoms with E-state index in [0.29, 0.717) is 28.2 Å². The Morgan fingerprint density at radius 3 is 3.09 bits per heavy atom. The van der Waals surface area contributed by atoms with Gasteiger partial charge in [-0.1, -0.05) is 34.7 Å². The lowest BCUT2D eigenvalue weighted by atomic mass is 10.4. The molecule has 0 radical (unpaired) electrons. The van der Waals surface area contributed by atoms with E-state index in [9.17, 15) is 4.79 Å². The molecule has 3 aromatic heterocycles. The third-order valence-corrected chi connectivity index (χ3v) is 5.58. The van der Waals surface area contributed by atoms with Crippen molar-refractivity contribution in [2.75, 3.05) is 5.32 Å². The molecule has 1 aliphatic carbocycles. The lowest BCUT2D eigenvalue weighted by molar-refractivity contribution is 0.989. The Morgan fingerprint density at radius 1 is 1.39 bits per heavy atom. The molecule has 6 nitrogen and oxygen atoms in total. The molecule has 118 valence electrons. The van der Waals surface area contributed by atoms with Gasteiger partial charge >= 0.3 is 0 Å². The molecule has 9 heteroatoms. The standard InChI is InChI=1S/C14H12ClN5OS2/c15-8-1-4-11-16-10(5-12(21)20(11)6-8)7-22-14-19-18-13(23-14)17-9-2-3-9/h1,4-6,9H,2-3,7H2,(H,17,18). The van der Waals surface area contributed by atoms with Gasteiger partial charge in [0.1, 0.15) is 5.65 Å². The lowest BCUT2D eigenvalue weighted by Crippen LogP contribution is -2.14. The van der Waals surface area contributed by atoms with Crippen LogP contribution < -0.4 is 10.9 Å². The van der Waals surface area contributed by atoms with Crippen LogP contribution in [-0.4, -0.2) is 25.6 Å². The highest BCUT2D eigenvalue weighted by Crippen LogP contribution is 2.31. The lowest BCUT2D eigenvalue weighted by Gasteiger charge is -2.03. The summed E-state index contributed by atoms with van der Waals surface area (Å²) in [7, 11) is 0. The number of thioether (sulfide) groups is 1. The van der Waals surface area contributed by atoms with Crippen LogP contribution in [0.3, 0.4) is 0 Å². The molecule has 1 aliphatic rings. The van der Waals surface area contributed by atoms with E-state index in [1.165, 1.54) is 46.4 Å². The number of hydrogen-bond acceptors (Lipinski definition) is 7. The third-order valence-electron chi connectivity index (χ3n) is 3.33. The molecule has 3 aromatic rings. The quantitative estimate of drug-likeness (QED) is 0.700. The number of pyridine rings is 1. The van der Waals surface area contributed by atoms with Crippen LogP contribution >= 0.6 is 34.7 Å². The number of hydrogen-bond donors (Lipinski definition) is 1. The number of anilines is 1. The van der Waals surface area contributed by atoms with Crippen molar-refractivity contribution in [3.63, 3.8) is 0 Å².